The van der Waals surface area contributed by atoms with Crippen molar-refractivity contribution in [3.05, 3.63) is 28.5 Å². The number of benzene rings is 1. The molecule has 158 valence electrons. The van der Waals surface area contributed by atoms with E-state index in [0.717, 1.165) is 5.56 Å². The Balaban J connectivity index is 1.62. The Bertz CT molecular complexity index is 841. The molecule has 1 aromatic rings. The number of urea groups is 1. The normalized spacial score (nSPS) is 23.6. The number of hydrogen-bond acceptors (Lipinski definition) is 4. The van der Waals surface area contributed by atoms with Gasteiger partial charge in [0.25, 0.3) is 5.91 Å². The number of carbonyl (C=O) groups is 3. The van der Waals surface area contributed by atoms with Gasteiger partial charge in [-0.15, -0.1) is 0 Å². The molecule has 7 nitrogen and oxygen atoms in total. The van der Waals surface area contributed by atoms with E-state index in [2.05, 4.69) is 10.6 Å². The lowest BCUT2D eigenvalue weighted by Gasteiger charge is -2.35. The van der Waals surface area contributed by atoms with E-state index < -0.39 is 29.2 Å². The molecule has 1 aromatic carbocycles. The lowest BCUT2D eigenvalue weighted by Crippen LogP contribution is -2.48. The Hall–Kier alpha value is -2.35. The van der Waals surface area contributed by atoms with Crippen LogP contribution in [0, 0.1) is 11.7 Å². The average molecular weight is 426 g/mol. The van der Waals surface area contributed by atoms with Gasteiger partial charge in [-0.25, -0.2) is 9.18 Å². The maximum Gasteiger partial charge on any atom is 0.322 e. The number of piperidine rings is 1. The lowest BCUT2D eigenvalue weighted by atomic mass is 9.86. The van der Waals surface area contributed by atoms with Crippen LogP contribution in [-0.2, 0) is 9.59 Å². The third kappa shape index (κ3) is 4.32. The number of imide groups is 1. The second-order valence-corrected chi connectivity index (χ2v) is 8.36. The summed E-state index contributed by atoms with van der Waals surface area (Å²) in [5, 5.41) is 4.82. The van der Waals surface area contributed by atoms with Gasteiger partial charge in [0.15, 0.2) is 0 Å². The van der Waals surface area contributed by atoms with Gasteiger partial charge in [-0.05, 0) is 38.2 Å². The Kier molecular flexibility index (Phi) is 6.03. The van der Waals surface area contributed by atoms with Gasteiger partial charge in [0.1, 0.15) is 17.1 Å². The average Bonchev–Trinajstić information content (AvgIpc) is 2.94. The molecule has 0 aromatic heterocycles. The first-order valence-corrected chi connectivity index (χ1v) is 9.97. The molecule has 0 unspecified atom stereocenters. The minimum atomic E-state index is -1.08. The molecule has 0 bridgehead atoms. The number of carbonyl (C=O) groups excluding carboxylic acids is 3. The molecule has 0 aliphatic carbocycles. The third-order valence-electron chi connectivity index (χ3n) is 5.77. The number of ether oxygens (including phenoxy) is 1. The number of rotatable bonds is 5. The van der Waals surface area contributed by atoms with Crippen LogP contribution in [-0.4, -0.2) is 48.5 Å². The molecule has 2 aliphatic rings. The number of hydrogen-bond donors (Lipinski definition) is 2. The number of amides is 4. The predicted octanol–water partition coefficient (Wildman–Crippen LogP) is 2.82. The summed E-state index contributed by atoms with van der Waals surface area (Å²) in [5.74, 6) is -0.785. The molecule has 2 atom stereocenters. The summed E-state index contributed by atoms with van der Waals surface area (Å²) in [6.45, 7) is 4.42. The van der Waals surface area contributed by atoms with Gasteiger partial charge in [0, 0.05) is 30.6 Å². The molecule has 2 fully saturated rings. The molecular weight excluding hydrogens is 401 g/mol. The van der Waals surface area contributed by atoms with Crippen LogP contribution in [0.15, 0.2) is 12.1 Å². The molecule has 2 heterocycles. The van der Waals surface area contributed by atoms with E-state index in [-0.39, 0.29) is 23.3 Å². The number of halogens is 2. The van der Waals surface area contributed by atoms with Gasteiger partial charge in [-0.2, -0.15) is 0 Å². The molecule has 2 aliphatic heterocycles. The maximum absolute atomic E-state index is 13.9. The minimum absolute atomic E-state index is 0.0172. The molecule has 2 saturated heterocycles. The van der Waals surface area contributed by atoms with Gasteiger partial charge in [-0.1, -0.05) is 18.5 Å². The molecule has 0 radical (unpaired) electrons. The Morgan fingerprint density at radius 3 is 2.59 bits per heavy atom. The van der Waals surface area contributed by atoms with Crippen molar-refractivity contribution in [3.63, 3.8) is 0 Å². The summed E-state index contributed by atoms with van der Waals surface area (Å²) >= 11 is 5.84. The smallest absolute Gasteiger partial charge is 0.322 e. The fourth-order valence-electron chi connectivity index (χ4n) is 4.19. The summed E-state index contributed by atoms with van der Waals surface area (Å²) in [4.78, 5) is 38.0. The molecule has 9 heteroatoms. The topological polar surface area (TPSA) is 87.7 Å². The second kappa shape index (κ2) is 8.18. The summed E-state index contributed by atoms with van der Waals surface area (Å²) in [6.07, 6.45) is 1.56. The number of nitrogens with zero attached hydrogens (tertiary/aromatic N) is 1. The van der Waals surface area contributed by atoms with Crippen LogP contribution in [0.25, 0.3) is 0 Å². The molecule has 4 amide bonds. The Morgan fingerprint density at radius 1 is 1.38 bits per heavy atom. The van der Waals surface area contributed by atoms with E-state index in [4.69, 9.17) is 16.3 Å². The van der Waals surface area contributed by atoms with Crippen molar-refractivity contribution in [2.24, 2.45) is 5.92 Å². The highest BCUT2D eigenvalue weighted by atomic mass is 35.5. The summed E-state index contributed by atoms with van der Waals surface area (Å²) in [5.41, 5.74) is -0.328. The van der Waals surface area contributed by atoms with E-state index in [1.807, 2.05) is 0 Å². The molecule has 2 N–H and O–H groups in total. The van der Waals surface area contributed by atoms with Crippen LogP contribution < -0.4 is 15.4 Å². The standard InChI is InChI=1S/C20H25ClFN3O4/c1-11(10-20(2)18(27)23-19(28)24-20)17(26)25-6-4-12(5-7-25)13-8-15(22)14(21)9-16(13)29-3/h8-9,11-12H,4-7,10H2,1-3H3,(H2,23,24,27,28)/t11-,20+/m0/s1. The maximum atomic E-state index is 13.9. The molecular formula is C20H25ClFN3O4. The highest BCUT2D eigenvalue weighted by molar-refractivity contribution is 6.30. The SMILES string of the molecule is COc1cc(Cl)c(F)cc1C1CCN(C(=O)[C@@H](C)C[C@@]2(C)NC(=O)NC2=O)CC1. The zero-order chi connectivity index (χ0) is 21.3. The highest BCUT2D eigenvalue weighted by Gasteiger charge is 2.44. The van der Waals surface area contributed by atoms with Crippen molar-refractivity contribution in [3.8, 4) is 5.75 Å². The van der Waals surface area contributed by atoms with Gasteiger partial charge < -0.3 is 15.0 Å². The fraction of sp³-hybridized carbons (Fsp3) is 0.550. The lowest BCUT2D eigenvalue weighted by molar-refractivity contribution is -0.137. The number of methoxy groups -OCH3 is 1. The first kappa shape index (κ1) is 21.4. The zero-order valence-corrected chi connectivity index (χ0v) is 17.4. The van der Waals surface area contributed by atoms with Crippen molar-refractivity contribution >= 4 is 29.4 Å². The van der Waals surface area contributed by atoms with Crippen LogP contribution in [0.4, 0.5) is 9.18 Å². The predicted molar refractivity (Wildman–Crippen MR) is 105 cm³/mol. The van der Waals surface area contributed by atoms with Gasteiger partial charge >= 0.3 is 6.03 Å². The van der Waals surface area contributed by atoms with E-state index in [9.17, 15) is 18.8 Å². The van der Waals surface area contributed by atoms with Crippen LogP contribution >= 0.6 is 11.6 Å². The summed E-state index contributed by atoms with van der Waals surface area (Å²) in [6, 6.07) is 2.35. The monoisotopic (exact) mass is 425 g/mol. The van der Waals surface area contributed by atoms with E-state index in [0.29, 0.717) is 31.7 Å². The van der Waals surface area contributed by atoms with Crippen molar-refractivity contribution in [1.29, 1.82) is 0 Å². The Morgan fingerprint density at radius 2 is 2.03 bits per heavy atom. The first-order chi connectivity index (χ1) is 13.6. The van der Waals surface area contributed by atoms with Gasteiger partial charge in [0.2, 0.25) is 5.91 Å². The zero-order valence-electron chi connectivity index (χ0n) is 16.7. The largest absolute Gasteiger partial charge is 0.496 e. The first-order valence-electron chi connectivity index (χ1n) is 9.60. The number of nitrogens with one attached hydrogen (secondary N) is 2. The molecule has 29 heavy (non-hydrogen) atoms. The summed E-state index contributed by atoms with van der Waals surface area (Å²) < 4.78 is 19.3. The van der Waals surface area contributed by atoms with Crippen LogP contribution in [0.2, 0.25) is 5.02 Å². The fourth-order valence-corrected chi connectivity index (χ4v) is 4.34. The van der Waals surface area contributed by atoms with Crippen molar-refractivity contribution in [1.82, 2.24) is 15.5 Å². The molecule has 0 saturated carbocycles. The van der Waals surface area contributed by atoms with Crippen molar-refractivity contribution in [2.45, 2.75) is 44.6 Å². The molecule has 3 rings (SSSR count). The molecule has 0 spiro atoms. The van der Waals surface area contributed by atoms with Crippen LogP contribution in [0.3, 0.4) is 0 Å². The van der Waals surface area contributed by atoms with E-state index in [1.165, 1.54) is 19.2 Å². The Labute approximate surface area is 173 Å². The number of likely N-dealkylation sites (tertiary alicyclic amines) is 1. The van der Waals surface area contributed by atoms with Crippen LogP contribution in [0.5, 0.6) is 5.75 Å². The minimum Gasteiger partial charge on any atom is -0.496 e. The second-order valence-electron chi connectivity index (χ2n) is 7.95. The van der Waals surface area contributed by atoms with Crippen molar-refractivity contribution < 1.29 is 23.5 Å². The third-order valence-corrected chi connectivity index (χ3v) is 6.06. The highest BCUT2D eigenvalue weighted by Crippen LogP contribution is 2.37. The summed E-state index contributed by atoms with van der Waals surface area (Å²) in [7, 11) is 1.52. The van der Waals surface area contributed by atoms with E-state index in [1.54, 1.807) is 18.7 Å². The van der Waals surface area contributed by atoms with Gasteiger partial charge in [0.05, 0.1) is 12.1 Å². The quantitative estimate of drug-likeness (QED) is 0.710. The van der Waals surface area contributed by atoms with Crippen LogP contribution in [0.1, 0.15) is 44.6 Å². The van der Waals surface area contributed by atoms with Gasteiger partial charge in [-0.3, -0.25) is 14.9 Å². The van der Waals surface area contributed by atoms with E-state index >= 15 is 0 Å². The van der Waals surface area contributed by atoms with Crippen molar-refractivity contribution in [2.75, 3.05) is 20.2 Å².